The fourth-order valence-electron chi connectivity index (χ4n) is 1.70. The summed E-state index contributed by atoms with van der Waals surface area (Å²) in [5, 5.41) is 27.8. The zero-order valence-electron chi connectivity index (χ0n) is 10.5. The monoisotopic (exact) mass is 274 g/mol. The van der Waals surface area contributed by atoms with Gasteiger partial charge < -0.3 is 20.1 Å². The molecule has 0 bridgehead atoms. The summed E-state index contributed by atoms with van der Waals surface area (Å²) in [5.41, 5.74) is 0.272. The minimum absolute atomic E-state index is 0.272. The molecule has 0 aliphatic carbocycles. The normalized spacial score (nSPS) is 13.5. The van der Waals surface area contributed by atoms with Crippen LogP contribution < -0.4 is 4.74 Å². The molecule has 5 nitrogen and oxygen atoms in total. The Balaban J connectivity index is 2.18. The summed E-state index contributed by atoms with van der Waals surface area (Å²) < 4.78 is 5.57. The topological polar surface area (TPSA) is 87.0 Å². The fourth-order valence-corrected chi connectivity index (χ4v) is 1.70. The zero-order chi connectivity index (χ0) is 14.5. The molecule has 20 heavy (non-hydrogen) atoms. The summed E-state index contributed by atoms with van der Waals surface area (Å²) >= 11 is 0. The number of hydrogen-bond donors (Lipinski definition) is 3. The Morgan fingerprint density at radius 2 is 1.60 bits per heavy atom. The van der Waals surface area contributed by atoms with E-state index in [1.54, 1.807) is 24.3 Å². The molecule has 2 aromatic carbocycles. The molecule has 104 valence electrons. The third kappa shape index (κ3) is 3.34. The number of carboxylic acids is 1. The van der Waals surface area contributed by atoms with Gasteiger partial charge in [-0.3, -0.25) is 0 Å². The van der Waals surface area contributed by atoms with Gasteiger partial charge >= 0.3 is 5.97 Å². The van der Waals surface area contributed by atoms with E-state index in [2.05, 4.69) is 0 Å². The van der Waals surface area contributed by atoms with Crippen LogP contribution in [-0.2, 0) is 4.79 Å². The number of aliphatic hydroxyl groups is 2. The van der Waals surface area contributed by atoms with Crippen molar-refractivity contribution in [1.82, 2.24) is 0 Å². The summed E-state index contributed by atoms with van der Waals surface area (Å²) in [6.45, 7) is 0. The van der Waals surface area contributed by atoms with E-state index < -0.39 is 18.2 Å². The van der Waals surface area contributed by atoms with Gasteiger partial charge in [0.1, 0.15) is 17.6 Å². The molecular weight excluding hydrogens is 260 g/mol. The lowest BCUT2D eigenvalue weighted by atomic mass is 10.0. The highest BCUT2D eigenvalue weighted by Gasteiger charge is 2.25. The van der Waals surface area contributed by atoms with Crippen LogP contribution in [0.5, 0.6) is 11.5 Å². The average Bonchev–Trinajstić information content (AvgIpc) is 2.47. The van der Waals surface area contributed by atoms with Crippen molar-refractivity contribution in [3.8, 4) is 11.5 Å². The van der Waals surface area contributed by atoms with Gasteiger partial charge in [0, 0.05) is 0 Å². The van der Waals surface area contributed by atoms with E-state index in [4.69, 9.17) is 9.84 Å². The number of aliphatic hydroxyl groups excluding tert-OH is 2. The van der Waals surface area contributed by atoms with E-state index in [1.165, 1.54) is 12.1 Å². The van der Waals surface area contributed by atoms with Crippen LogP contribution in [0.1, 0.15) is 11.7 Å². The van der Waals surface area contributed by atoms with E-state index in [0.717, 1.165) is 0 Å². The van der Waals surface area contributed by atoms with Crippen molar-refractivity contribution in [3.05, 3.63) is 60.2 Å². The molecule has 2 unspecified atom stereocenters. The van der Waals surface area contributed by atoms with Crippen molar-refractivity contribution in [2.45, 2.75) is 12.2 Å². The number of benzene rings is 2. The second-order valence-corrected chi connectivity index (χ2v) is 4.22. The molecule has 0 radical (unpaired) electrons. The van der Waals surface area contributed by atoms with Crippen molar-refractivity contribution < 1.29 is 24.9 Å². The van der Waals surface area contributed by atoms with Crippen molar-refractivity contribution in [3.63, 3.8) is 0 Å². The third-order valence-corrected chi connectivity index (χ3v) is 2.73. The molecule has 0 spiro atoms. The SMILES string of the molecule is O=C(O)C(O)C(O)c1cccc(Oc2ccccc2)c1. The molecule has 3 N–H and O–H groups in total. The molecule has 0 saturated carbocycles. The highest BCUT2D eigenvalue weighted by molar-refractivity contribution is 5.73. The number of aliphatic carboxylic acids is 1. The number of carbonyl (C=O) groups is 1. The van der Waals surface area contributed by atoms with E-state index >= 15 is 0 Å². The van der Waals surface area contributed by atoms with Gasteiger partial charge in [0.2, 0.25) is 0 Å². The van der Waals surface area contributed by atoms with Crippen LogP contribution in [0.15, 0.2) is 54.6 Å². The summed E-state index contributed by atoms with van der Waals surface area (Å²) in [4.78, 5) is 10.6. The Kier molecular flexibility index (Phi) is 4.34. The molecule has 0 amide bonds. The molecule has 2 aromatic rings. The van der Waals surface area contributed by atoms with Gasteiger partial charge in [-0.25, -0.2) is 4.79 Å². The van der Waals surface area contributed by atoms with Crippen molar-refractivity contribution in [2.24, 2.45) is 0 Å². The maximum absolute atomic E-state index is 10.6. The molecule has 2 rings (SSSR count). The number of para-hydroxylation sites is 1. The first-order valence-corrected chi connectivity index (χ1v) is 6.00. The first-order valence-electron chi connectivity index (χ1n) is 6.00. The third-order valence-electron chi connectivity index (χ3n) is 2.73. The Bertz CT molecular complexity index is 582. The number of ether oxygens (including phenoxy) is 1. The van der Waals surface area contributed by atoms with Crippen LogP contribution >= 0.6 is 0 Å². The van der Waals surface area contributed by atoms with Gasteiger partial charge in [-0.15, -0.1) is 0 Å². The quantitative estimate of drug-likeness (QED) is 0.775. The molecule has 0 aliphatic heterocycles. The minimum atomic E-state index is -1.87. The second-order valence-electron chi connectivity index (χ2n) is 4.22. The highest BCUT2D eigenvalue weighted by atomic mass is 16.5. The van der Waals surface area contributed by atoms with E-state index in [0.29, 0.717) is 11.5 Å². The van der Waals surface area contributed by atoms with Crippen LogP contribution in [0.4, 0.5) is 0 Å². The van der Waals surface area contributed by atoms with Crippen LogP contribution in [-0.4, -0.2) is 27.4 Å². The number of rotatable bonds is 5. The maximum atomic E-state index is 10.6. The first-order chi connectivity index (χ1) is 9.58. The van der Waals surface area contributed by atoms with E-state index in [1.807, 2.05) is 18.2 Å². The van der Waals surface area contributed by atoms with Crippen molar-refractivity contribution >= 4 is 5.97 Å². The Labute approximate surface area is 115 Å². The van der Waals surface area contributed by atoms with Crippen molar-refractivity contribution in [2.75, 3.05) is 0 Å². The molecule has 2 atom stereocenters. The first kappa shape index (κ1) is 14.0. The van der Waals surface area contributed by atoms with Crippen LogP contribution in [0.2, 0.25) is 0 Å². The second kappa shape index (κ2) is 6.18. The van der Waals surface area contributed by atoms with Gasteiger partial charge in [-0.05, 0) is 29.8 Å². The molecule has 0 aliphatic rings. The molecule has 0 aromatic heterocycles. The van der Waals surface area contributed by atoms with Gasteiger partial charge in [-0.2, -0.15) is 0 Å². The average molecular weight is 274 g/mol. The van der Waals surface area contributed by atoms with Gasteiger partial charge in [-0.1, -0.05) is 30.3 Å². The van der Waals surface area contributed by atoms with Crippen LogP contribution in [0.25, 0.3) is 0 Å². The van der Waals surface area contributed by atoms with Gasteiger partial charge in [0.15, 0.2) is 6.10 Å². The smallest absolute Gasteiger partial charge is 0.335 e. The van der Waals surface area contributed by atoms with Crippen LogP contribution in [0, 0.1) is 0 Å². The summed E-state index contributed by atoms with van der Waals surface area (Å²) in [6.07, 6.45) is -3.38. The Morgan fingerprint density at radius 3 is 2.25 bits per heavy atom. The summed E-state index contributed by atoms with van der Waals surface area (Å²) in [7, 11) is 0. The Morgan fingerprint density at radius 1 is 0.950 bits per heavy atom. The highest BCUT2D eigenvalue weighted by Crippen LogP contribution is 2.25. The standard InChI is InChI=1S/C15H14O5/c16-13(14(17)15(18)19)10-5-4-8-12(9-10)20-11-6-2-1-3-7-11/h1-9,13-14,16-17H,(H,18,19). The number of hydrogen-bond acceptors (Lipinski definition) is 4. The maximum Gasteiger partial charge on any atom is 0.335 e. The lowest BCUT2D eigenvalue weighted by Gasteiger charge is -2.15. The lowest BCUT2D eigenvalue weighted by molar-refractivity contribution is -0.153. The van der Waals surface area contributed by atoms with Crippen molar-refractivity contribution in [1.29, 1.82) is 0 Å². The minimum Gasteiger partial charge on any atom is -0.479 e. The molecule has 0 heterocycles. The molecular formula is C15H14O5. The fraction of sp³-hybridized carbons (Fsp3) is 0.133. The van der Waals surface area contributed by atoms with E-state index in [-0.39, 0.29) is 5.56 Å². The van der Waals surface area contributed by atoms with E-state index in [9.17, 15) is 15.0 Å². The predicted molar refractivity (Wildman–Crippen MR) is 71.6 cm³/mol. The predicted octanol–water partition coefficient (Wildman–Crippen LogP) is 1.96. The van der Waals surface area contributed by atoms with Crippen LogP contribution in [0.3, 0.4) is 0 Å². The lowest BCUT2D eigenvalue weighted by Crippen LogP contribution is -2.27. The summed E-state index contributed by atoms with van der Waals surface area (Å²) in [5.74, 6) is -0.407. The Hall–Kier alpha value is -2.37. The molecule has 0 fully saturated rings. The number of carboxylic acid groups (broad SMARTS) is 1. The summed E-state index contributed by atoms with van der Waals surface area (Å²) in [6, 6.07) is 15.4. The zero-order valence-corrected chi connectivity index (χ0v) is 10.5. The largest absolute Gasteiger partial charge is 0.479 e. The van der Waals surface area contributed by atoms with Gasteiger partial charge in [0.05, 0.1) is 0 Å². The van der Waals surface area contributed by atoms with Gasteiger partial charge in [0.25, 0.3) is 0 Å². The molecule has 5 heteroatoms. The molecule has 0 saturated heterocycles.